The van der Waals surface area contributed by atoms with Crippen molar-refractivity contribution in [2.24, 2.45) is 0 Å². The van der Waals surface area contributed by atoms with Crippen LogP contribution in [-0.4, -0.2) is 15.9 Å². The fourth-order valence-electron chi connectivity index (χ4n) is 1.50. The van der Waals surface area contributed by atoms with Crippen molar-refractivity contribution in [1.29, 1.82) is 0 Å². The Morgan fingerprint density at radius 2 is 2.00 bits per heavy atom. The number of carbonyl (C=O) groups is 1. The van der Waals surface area contributed by atoms with E-state index in [1.54, 1.807) is 0 Å². The van der Waals surface area contributed by atoms with Gasteiger partial charge >= 0.3 is 0 Å². The van der Waals surface area contributed by atoms with Crippen LogP contribution in [0.1, 0.15) is 18.1 Å². The smallest absolute Gasteiger partial charge is 0.223 e. The van der Waals surface area contributed by atoms with E-state index in [9.17, 15) is 4.79 Å². The standard InChI is InChI=1S/C11H13N3O/c1-6-4-9-10(5-7(6)2)14-11(13-9)12-8(3)15/h4-5H,1-3H3,(H2,12,13,14,15). The second kappa shape index (κ2) is 3.38. The normalized spacial score (nSPS) is 10.6. The van der Waals surface area contributed by atoms with E-state index in [0.717, 1.165) is 11.0 Å². The van der Waals surface area contributed by atoms with E-state index < -0.39 is 0 Å². The van der Waals surface area contributed by atoms with Crippen molar-refractivity contribution in [1.82, 2.24) is 9.97 Å². The number of fused-ring (bicyclic) bond motifs is 1. The van der Waals surface area contributed by atoms with Crippen LogP contribution in [0.15, 0.2) is 12.1 Å². The van der Waals surface area contributed by atoms with Crippen LogP contribution in [0.3, 0.4) is 0 Å². The van der Waals surface area contributed by atoms with Gasteiger partial charge in [0.05, 0.1) is 11.0 Å². The number of imidazole rings is 1. The quantitative estimate of drug-likeness (QED) is 0.746. The Morgan fingerprint density at radius 1 is 1.33 bits per heavy atom. The van der Waals surface area contributed by atoms with Crippen molar-refractivity contribution in [2.45, 2.75) is 20.8 Å². The highest BCUT2D eigenvalue weighted by Crippen LogP contribution is 2.18. The van der Waals surface area contributed by atoms with Gasteiger partial charge in [0.25, 0.3) is 0 Å². The van der Waals surface area contributed by atoms with Gasteiger partial charge in [-0.2, -0.15) is 0 Å². The van der Waals surface area contributed by atoms with Gasteiger partial charge in [-0.1, -0.05) is 0 Å². The maximum absolute atomic E-state index is 10.9. The zero-order chi connectivity index (χ0) is 11.0. The first kappa shape index (κ1) is 9.71. The van der Waals surface area contributed by atoms with Crippen LogP contribution in [-0.2, 0) is 4.79 Å². The van der Waals surface area contributed by atoms with Crippen molar-refractivity contribution in [2.75, 3.05) is 5.32 Å². The zero-order valence-electron chi connectivity index (χ0n) is 9.01. The average Bonchev–Trinajstić information content (AvgIpc) is 2.46. The number of benzene rings is 1. The molecule has 78 valence electrons. The largest absolute Gasteiger partial charge is 0.324 e. The van der Waals surface area contributed by atoms with Crippen molar-refractivity contribution in [3.05, 3.63) is 23.3 Å². The number of aromatic nitrogens is 2. The molecule has 15 heavy (non-hydrogen) atoms. The molecule has 2 rings (SSSR count). The first-order valence-electron chi connectivity index (χ1n) is 4.81. The van der Waals surface area contributed by atoms with E-state index in [-0.39, 0.29) is 5.91 Å². The monoisotopic (exact) mass is 203 g/mol. The van der Waals surface area contributed by atoms with Gasteiger partial charge < -0.3 is 4.98 Å². The van der Waals surface area contributed by atoms with Crippen molar-refractivity contribution < 1.29 is 4.79 Å². The molecule has 1 aromatic heterocycles. The summed E-state index contributed by atoms with van der Waals surface area (Å²) in [6.07, 6.45) is 0. The number of amides is 1. The van der Waals surface area contributed by atoms with Crippen LogP contribution in [0.2, 0.25) is 0 Å². The van der Waals surface area contributed by atoms with Crippen LogP contribution >= 0.6 is 0 Å². The van der Waals surface area contributed by atoms with E-state index in [4.69, 9.17) is 0 Å². The molecule has 0 aliphatic carbocycles. The molecular weight excluding hydrogens is 190 g/mol. The Bertz CT molecular complexity index is 489. The molecule has 1 heterocycles. The van der Waals surface area contributed by atoms with Crippen LogP contribution < -0.4 is 5.32 Å². The molecule has 0 saturated heterocycles. The second-order valence-electron chi connectivity index (χ2n) is 3.72. The van der Waals surface area contributed by atoms with E-state index in [1.165, 1.54) is 18.1 Å². The number of hydrogen-bond donors (Lipinski definition) is 2. The third-order valence-corrected chi connectivity index (χ3v) is 2.39. The first-order chi connectivity index (χ1) is 7.06. The van der Waals surface area contributed by atoms with Gasteiger partial charge in [0.2, 0.25) is 11.9 Å². The maximum Gasteiger partial charge on any atom is 0.223 e. The highest BCUT2D eigenvalue weighted by Gasteiger charge is 2.05. The van der Waals surface area contributed by atoms with Gasteiger partial charge in [0.15, 0.2) is 0 Å². The molecule has 0 aliphatic heterocycles. The molecule has 0 aliphatic rings. The van der Waals surface area contributed by atoms with Gasteiger partial charge in [0, 0.05) is 6.92 Å². The Balaban J connectivity index is 2.51. The lowest BCUT2D eigenvalue weighted by molar-refractivity contribution is -0.114. The molecule has 1 amide bonds. The number of hydrogen-bond acceptors (Lipinski definition) is 2. The molecule has 0 unspecified atom stereocenters. The highest BCUT2D eigenvalue weighted by atomic mass is 16.1. The van der Waals surface area contributed by atoms with Crippen molar-refractivity contribution >= 4 is 22.9 Å². The minimum Gasteiger partial charge on any atom is -0.324 e. The first-order valence-corrected chi connectivity index (χ1v) is 4.81. The highest BCUT2D eigenvalue weighted by molar-refractivity contribution is 5.89. The SMILES string of the molecule is CC(=O)Nc1nc2cc(C)c(C)cc2[nH]1. The predicted molar refractivity (Wildman–Crippen MR) is 59.9 cm³/mol. The second-order valence-corrected chi connectivity index (χ2v) is 3.72. The minimum atomic E-state index is -0.123. The molecule has 0 spiro atoms. The van der Waals surface area contributed by atoms with Gasteiger partial charge in [-0.05, 0) is 37.1 Å². The fourth-order valence-corrected chi connectivity index (χ4v) is 1.50. The lowest BCUT2D eigenvalue weighted by atomic mass is 10.1. The van der Waals surface area contributed by atoms with Crippen LogP contribution in [0.5, 0.6) is 0 Å². The van der Waals surface area contributed by atoms with E-state index in [0.29, 0.717) is 5.95 Å². The van der Waals surface area contributed by atoms with Crippen LogP contribution in [0.4, 0.5) is 5.95 Å². The third-order valence-electron chi connectivity index (χ3n) is 2.39. The summed E-state index contributed by atoms with van der Waals surface area (Å²) in [5.41, 5.74) is 4.23. The van der Waals surface area contributed by atoms with Crippen molar-refractivity contribution in [3.63, 3.8) is 0 Å². The summed E-state index contributed by atoms with van der Waals surface area (Å²) in [6, 6.07) is 4.04. The molecule has 0 radical (unpaired) electrons. The number of aryl methyl sites for hydroxylation is 2. The molecular formula is C11H13N3O. The molecule has 1 aromatic carbocycles. The van der Waals surface area contributed by atoms with E-state index in [1.807, 2.05) is 26.0 Å². The zero-order valence-corrected chi connectivity index (χ0v) is 9.01. The Hall–Kier alpha value is -1.84. The predicted octanol–water partition coefficient (Wildman–Crippen LogP) is 2.14. The summed E-state index contributed by atoms with van der Waals surface area (Å²) >= 11 is 0. The van der Waals surface area contributed by atoms with Gasteiger partial charge in [-0.25, -0.2) is 4.98 Å². The average molecular weight is 203 g/mol. The lowest BCUT2D eigenvalue weighted by Gasteiger charge is -1.97. The molecule has 0 bridgehead atoms. The number of nitrogens with one attached hydrogen (secondary N) is 2. The molecule has 2 N–H and O–H groups in total. The Labute approximate surface area is 87.7 Å². The number of aromatic amines is 1. The summed E-state index contributed by atoms with van der Waals surface area (Å²) in [5, 5.41) is 2.63. The summed E-state index contributed by atoms with van der Waals surface area (Å²) in [4.78, 5) is 18.2. The molecule has 0 saturated carbocycles. The summed E-state index contributed by atoms with van der Waals surface area (Å²) in [7, 11) is 0. The third kappa shape index (κ3) is 1.83. The number of H-pyrrole nitrogens is 1. The molecule has 4 heteroatoms. The number of nitrogens with zero attached hydrogens (tertiary/aromatic N) is 1. The number of anilines is 1. The van der Waals surface area contributed by atoms with Crippen LogP contribution in [0.25, 0.3) is 11.0 Å². The van der Waals surface area contributed by atoms with Gasteiger partial charge in [-0.3, -0.25) is 10.1 Å². The van der Waals surface area contributed by atoms with E-state index >= 15 is 0 Å². The fraction of sp³-hybridized carbons (Fsp3) is 0.273. The number of rotatable bonds is 1. The molecule has 2 aromatic rings. The van der Waals surface area contributed by atoms with E-state index in [2.05, 4.69) is 15.3 Å². The minimum absolute atomic E-state index is 0.123. The maximum atomic E-state index is 10.9. The molecule has 0 fully saturated rings. The molecule has 0 atom stereocenters. The summed E-state index contributed by atoms with van der Waals surface area (Å²) < 4.78 is 0. The number of carbonyl (C=O) groups excluding carboxylic acids is 1. The molecule has 4 nitrogen and oxygen atoms in total. The van der Waals surface area contributed by atoms with Crippen LogP contribution in [0, 0.1) is 13.8 Å². The summed E-state index contributed by atoms with van der Waals surface area (Å²) in [5.74, 6) is 0.380. The Kier molecular flexibility index (Phi) is 2.19. The lowest BCUT2D eigenvalue weighted by Crippen LogP contribution is -2.06. The van der Waals surface area contributed by atoms with Crippen molar-refractivity contribution in [3.8, 4) is 0 Å². The Morgan fingerprint density at radius 3 is 2.67 bits per heavy atom. The topological polar surface area (TPSA) is 57.8 Å². The van der Waals surface area contributed by atoms with Gasteiger partial charge in [0.1, 0.15) is 0 Å². The summed E-state index contributed by atoms with van der Waals surface area (Å²) in [6.45, 7) is 5.55. The van der Waals surface area contributed by atoms with Gasteiger partial charge in [-0.15, -0.1) is 0 Å².